The van der Waals surface area contributed by atoms with Crippen molar-refractivity contribution >= 4 is 11.8 Å². The molecule has 0 atom stereocenters. The summed E-state index contributed by atoms with van der Waals surface area (Å²) in [5, 5.41) is 9.46. The number of thioether (sulfide) groups is 1. The van der Waals surface area contributed by atoms with Gasteiger partial charge in [-0.1, -0.05) is 66.2 Å². The summed E-state index contributed by atoms with van der Waals surface area (Å²) in [6.07, 6.45) is 0. The Bertz CT molecular complexity index is 945. The van der Waals surface area contributed by atoms with Gasteiger partial charge in [0.1, 0.15) is 12.4 Å². The smallest absolute Gasteiger partial charge is 0.192 e. The van der Waals surface area contributed by atoms with E-state index in [1.54, 1.807) is 18.9 Å². The molecule has 0 saturated heterocycles. The van der Waals surface area contributed by atoms with Crippen LogP contribution in [0.5, 0.6) is 5.75 Å². The van der Waals surface area contributed by atoms with E-state index >= 15 is 0 Å². The van der Waals surface area contributed by atoms with Crippen LogP contribution in [0.3, 0.4) is 0 Å². The predicted octanol–water partition coefficient (Wildman–Crippen LogP) is 4.29. The van der Waals surface area contributed by atoms with Gasteiger partial charge in [0.2, 0.25) is 0 Å². The van der Waals surface area contributed by atoms with Gasteiger partial charge >= 0.3 is 0 Å². The molecule has 3 rings (SSSR count). The topological polar surface area (TPSA) is 49.2 Å². The van der Waals surface area contributed by atoms with Crippen LogP contribution in [0, 0.1) is 11.8 Å². The van der Waals surface area contributed by atoms with E-state index in [1.807, 2.05) is 47.9 Å². The van der Waals surface area contributed by atoms with E-state index in [4.69, 9.17) is 9.47 Å². The zero-order valence-electron chi connectivity index (χ0n) is 16.1. The first-order valence-electron chi connectivity index (χ1n) is 9.04. The van der Waals surface area contributed by atoms with Gasteiger partial charge in [-0.2, -0.15) is 0 Å². The van der Waals surface area contributed by atoms with E-state index in [9.17, 15) is 0 Å². The lowest BCUT2D eigenvalue weighted by Gasteiger charge is -2.13. The number of rotatable bonds is 9. The van der Waals surface area contributed by atoms with Gasteiger partial charge in [0.25, 0.3) is 0 Å². The average molecular weight is 394 g/mol. The number of methoxy groups -OCH3 is 1. The van der Waals surface area contributed by atoms with Crippen molar-refractivity contribution in [2.24, 2.45) is 0 Å². The van der Waals surface area contributed by atoms with Crippen molar-refractivity contribution in [1.82, 2.24) is 14.8 Å². The Kier molecular flexibility index (Phi) is 7.53. The van der Waals surface area contributed by atoms with Gasteiger partial charge in [-0.05, 0) is 18.6 Å². The standard InChI is InChI=1S/C22H23N3O2S/c1-3-4-16-28-22-24-23-21(25(22)14-15-26-2)17-27-20-13-9-8-12-19(20)18-10-6-5-7-11-18/h5-13H,14-17H2,1-2H3. The highest BCUT2D eigenvalue weighted by atomic mass is 32.2. The van der Waals surface area contributed by atoms with Crippen molar-refractivity contribution in [2.75, 3.05) is 19.5 Å². The molecule has 0 N–H and O–H groups in total. The van der Waals surface area contributed by atoms with Crippen LogP contribution in [0.4, 0.5) is 0 Å². The second kappa shape index (κ2) is 10.5. The van der Waals surface area contributed by atoms with Gasteiger partial charge in [-0.3, -0.25) is 0 Å². The molecule has 0 aliphatic heterocycles. The van der Waals surface area contributed by atoms with Gasteiger partial charge < -0.3 is 14.0 Å². The molecule has 0 fully saturated rings. The summed E-state index contributed by atoms with van der Waals surface area (Å²) in [5.74, 6) is 8.21. The minimum Gasteiger partial charge on any atom is -0.485 e. The second-order valence-corrected chi connectivity index (χ2v) is 6.85. The van der Waals surface area contributed by atoms with Gasteiger partial charge in [-0.25, -0.2) is 0 Å². The fourth-order valence-electron chi connectivity index (χ4n) is 2.70. The van der Waals surface area contributed by atoms with E-state index < -0.39 is 0 Å². The van der Waals surface area contributed by atoms with Crippen LogP contribution < -0.4 is 4.74 Å². The minimum absolute atomic E-state index is 0.334. The number of para-hydroxylation sites is 1. The van der Waals surface area contributed by atoms with Crippen LogP contribution in [0.25, 0.3) is 11.1 Å². The monoisotopic (exact) mass is 393 g/mol. The van der Waals surface area contributed by atoms with Gasteiger partial charge in [-0.15, -0.1) is 16.1 Å². The Balaban J connectivity index is 1.78. The summed E-state index contributed by atoms with van der Waals surface area (Å²) in [5.41, 5.74) is 2.17. The van der Waals surface area contributed by atoms with Gasteiger partial charge in [0.15, 0.2) is 11.0 Å². The molecule has 0 bridgehead atoms. The zero-order valence-corrected chi connectivity index (χ0v) is 16.9. The molecular weight excluding hydrogens is 370 g/mol. The Morgan fingerprint density at radius 1 is 1.04 bits per heavy atom. The van der Waals surface area contributed by atoms with Crippen molar-refractivity contribution in [3.8, 4) is 28.7 Å². The maximum atomic E-state index is 6.14. The Hall–Kier alpha value is -2.75. The summed E-state index contributed by atoms with van der Waals surface area (Å²) >= 11 is 1.57. The van der Waals surface area contributed by atoms with E-state index in [2.05, 4.69) is 40.2 Å². The Morgan fingerprint density at radius 3 is 2.61 bits per heavy atom. The summed E-state index contributed by atoms with van der Waals surface area (Å²) in [6, 6.07) is 18.2. The van der Waals surface area contributed by atoms with Crippen molar-refractivity contribution in [3.63, 3.8) is 0 Å². The highest BCUT2D eigenvalue weighted by molar-refractivity contribution is 7.99. The largest absolute Gasteiger partial charge is 0.485 e. The maximum absolute atomic E-state index is 6.14. The molecule has 0 unspecified atom stereocenters. The summed E-state index contributed by atoms with van der Waals surface area (Å²) in [7, 11) is 1.69. The third-order valence-electron chi connectivity index (χ3n) is 4.09. The SMILES string of the molecule is CC#CCSc1nnc(COc2ccccc2-c2ccccc2)n1CCOC. The molecule has 0 aliphatic carbocycles. The molecule has 144 valence electrons. The first-order chi connectivity index (χ1) is 13.8. The van der Waals surface area contributed by atoms with Crippen LogP contribution in [0.15, 0.2) is 59.8 Å². The lowest BCUT2D eigenvalue weighted by molar-refractivity contribution is 0.181. The molecule has 2 aromatic carbocycles. The molecule has 0 aliphatic rings. The average Bonchev–Trinajstić information content (AvgIpc) is 3.13. The van der Waals surface area contributed by atoms with E-state index in [0.717, 1.165) is 27.9 Å². The molecule has 1 aromatic heterocycles. The lowest BCUT2D eigenvalue weighted by Crippen LogP contribution is -2.12. The molecule has 6 heteroatoms. The zero-order chi connectivity index (χ0) is 19.6. The van der Waals surface area contributed by atoms with E-state index in [-0.39, 0.29) is 0 Å². The maximum Gasteiger partial charge on any atom is 0.192 e. The van der Waals surface area contributed by atoms with Crippen molar-refractivity contribution < 1.29 is 9.47 Å². The van der Waals surface area contributed by atoms with Crippen molar-refractivity contribution in [1.29, 1.82) is 0 Å². The third kappa shape index (κ3) is 5.16. The third-order valence-corrected chi connectivity index (χ3v) is 4.94. The molecule has 0 amide bonds. The van der Waals surface area contributed by atoms with E-state index in [1.165, 1.54) is 0 Å². The predicted molar refractivity (Wildman–Crippen MR) is 112 cm³/mol. The number of benzene rings is 2. The molecule has 28 heavy (non-hydrogen) atoms. The number of aromatic nitrogens is 3. The molecule has 5 nitrogen and oxygen atoms in total. The first-order valence-corrected chi connectivity index (χ1v) is 10.0. The van der Waals surface area contributed by atoms with Crippen LogP contribution in [0.2, 0.25) is 0 Å². The summed E-state index contributed by atoms with van der Waals surface area (Å²) in [4.78, 5) is 0. The first kappa shape index (κ1) is 20.0. The normalized spacial score (nSPS) is 10.4. The number of ether oxygens (including phenoxy) is 2. The molecule has 0 spiro atoms. The number of nitrogens with zero attached hydrogens (tertiary/aromatic N) is 3. The highest BCUT2D eigenvalue weighted by Gasteiger charge is 2.14. The quantitative estimate of drug-likeness (QED) is 0.401. The molecule has 3 aromatic rings. The van der Waals surface area contributed by atoms with Gasteiger partial charge in [0, 0.05) is 19.2 Å². The fraction of sp³-hybridized carbons (Fsp3) is 0.273. The van der Waals surface area contributed by atoms with Crippen LogP contribution in [0.1, 0.15) is 12.7 Å². The number of hydrogen-bond donors (Lipinski definition) is 0. The minimum atomic E-state index is 0.334. The Labute approximate surface area is 170 Å². The van der Waals surface area contributed by atoms with Crippen LogP contribution in [-0.2, 0) is 17.9 Å². The van der Waals surface area contributed by atoms with E-state index in [0.29, 0.717) is 25.5 Å². The van der Waals surface area contributed by atoms with Gasteiger partial charge in [0.05, 0.1) is 12.4 Å². The molecule has 1 heterocycles. The summed E-state index contributed by atoms with van der Waals surface area (Å²) in [6.45, 7) is 3.42. The highest BCUT2D eigenvalue weighted by Crippen LogP contribution is 2.30. The van der Waals surface area contributed by atoms with Crippen LogP contribution >= 0.6 is 11.8 Å². The van der Waals surface area contributed by atoms with Crippen molar-refractivity contribution in [2.45, 2.75) is 25.2 Å². The number of hydrogen-bond acceptors (Lipinski definition) is 5. The summed E-state index contributed by atoms with van der Waals surface area (Å²) < 4.78 is 13.4. The fourth-order valence-corrected chi connectivity index (χ4v) is 3.50. The lowest BCUT2D eigenvalue weighted by atomic mass is 10.1. The molecule has 0 saturated carbocycles. The second-order valence-electron chi connectivity index (χ2n) is 5.91. The van der Waals surface area contributed by atoms with Crippen molar-refractivity contribution in [3.05, 3.63) is 60.4 Å². The Morgan fingerprint density at radius 2 is 1.82 bits per heavy atom. The molecule has 0 radical (unpaired) electrons. The van der Waals surface area contributed by atoms with Crippen LogP contribution in [-0.4, -0.2) is 34.2 Å². The molecular formula is C22H23N3O2S.